The summed E-state index contributed by atoms with van der Waals surface area (Å²) in [4.78, 5) is 9.16. The van der Waals surface area contributed by atoms with Crippen molar-refractivity contribution in [2.24, 2.45) is 0 Å². The number of nitrogens with zero attached hydrogens (tertiary/aromatic N) is 5. The highest BCUT2D eigenvalue weighted by atomic mass is 32.2. The molecule has 0 unspecified atom stereocenters. The lowest BCUT2D eigenvalue weighted by atomic mass is 10.2. The van der Waals surface area contributed by atoms with Crippen molar-refractivity contribution in [1.82, 2.24) is 24.7 Å². The summed E-state index contributed by atoms with van der Waals surface area (Å²) in [5, 5.41) is 9.93. The maximum absolute atomic E-state index is 4.73. The molecule has 0 saturated heterocycles. The number of hydrogen-bond donors (Lipinski definition) is 0. The van der Waals surface area contributed by atoms with E-state index in [-0.39, 0.29) is 0 Å². The fourth-order valence-electron chi connectivity index (χ4n) is 3.12. The molecule has 0 amide bonds. The molecule has 5 rings (SSSR count). The van der Waals surface area contributed by atoms with Crippen LogP contribution in [0.25, 0.3) is 10.2 Å². The Labute approximate surface area is 193 Å². The van der Waals surface area contributed by atoms with Gasteiger partial charge >= 0.3 is 0 Å². The summed E-state index contributed by atoms with van der Waals surface area (Å²) in [6.45, 7) is 0.744. The Morgan fingerprint density at radius 2 is 1.65 bits per heavy atom. The van der Waals surface area contributed by atoms with Gasteiger partial charge in [-0.1, -0.05) is 72.1 Å². The molecule has 3 heterocycles. The van der Waals surface area contributed by atoms with E-state index in [4.69, 9.17) is 4.98 Å². The van der Waals surface area contributed by atoms with Crippen molar-refractivity contribution in [3.63, 3.8) is 0 Å². The van der Waals surface area contributed by atoms with E-state index < -0.39 is 0 Å². The molecule has 0 radical (unpaired) electrons. The number of hydrogen-bond acceptors (Lipinski definition) is 7. The zero-order valence-corrected chi connectivity index (χ0v) is 19.0. The number of aromatic nitrogens is 5. The highest BCUT2D eigenvalue weighted by Gasteiger charge is 2.15. The van der Waals surface area contributed by atoms with E-state index >= 15 is 0 Å². The minimum atomic E-state index is 0.726. The third-order valence-corrected chi connectivity index (χ3v) is 7.83. The van der Waals surface area contributed by atoms with Gasteiger partial charge in [0, 0.05) is 11.9 Å². The average Bonchev–Trinajstić information content (AvgIpc) is 3.41. The maximum atomic E-state index is 4.73. The van der Waals surface area contributed by atoms with Gasteiger partial charge in [0.05, 0.1) is 28.2 Å². The Kier molecular flexibility index (Phi) is 6.29. The highest BCUT2D eigenvalue weighted by Crippen LogP contribution is 2.32. The molecule has 0 atom stereocenters. The zero-order chi connectivity index (χ0) is 20.9. The Morgan fingerprint density at radius 1 is 0.806 bits per heavy atom. The van der Waals surface area contributed by atoms with Gasteiger partial charge in [-0.15, -0.1) is 21.5 Å². The molecule has 0 aliphatic rings. The van der Waals surface area contributed by atoms with Crippen LogP contribution in [0, 0.1) is 0 Å². The van der Waals surface area contributed by atoms with Crippen molar-refractivity contribution >= 4 is 45.1 Å². The Bertz CT molecular complexity index is 1240. The third-order valence-electron chi connectivity index (χ3n) is 4.65. The third kappa shape index (κ3) is 4.98. The van der Waals surface area contributed by atoms with Gasteiger partial charge in [-0.05, 0) is 29.8 Å². The average molecular weight is 462 g/mol. The van der Waals surface area contributed by atoms with Gasteiger partial charge in [-0.2, -0.15) is 0 Å². The molecule has 0 bridgehead atoms. The van der Waals surface area contributed by atoms with Gasteiger partial charge in [-0.25, -0.2) is 4.98 Å². The quantitative estimate of drug-likeness (QED) is 0.268. The zero-order valence-electron chi connectivity index (χ0n) is 16.6. The summed E-state index contributed by atoms with van der Waals surface area (Å²) in [6.07, 6.45) is 1.82. The maximum Gasteiger partial charge on any atom is 0.191 e. The van der Waals surface area contributed by atoms with Crippen molar-refractivity contribution < 1.29 is 0 Å². The predicted molar refractivity (Wildman–Crippen MR) is 129 cm³/mol. The first-order chi connectivity index (χ1) is 15.3. The van der Waals surface area contributed by atoms with Gasteiger partial charge in [0.15, 0.2) is 9.50 Å². The SMILES string of the molecule is c1ccc(Cn2c(CSc3nc4ccccc4s3)nnc2SCc2ccccn2)cc1. The summed E-state index contributed by atoms with van der Waals surface area (Å²) in [5.41, 5.74) is 3.31. The van der Waals surface area contributed by atoms with E-state index in [9.17, 15) is 0 Å². The fraction of sp³-hybridized carbons (Fsp3) is 0.130. The number of pyridine rings is 1. The number of benzene rings is 2. The van der Waals surface area contributed by atoms with Crippen LogP contribution in [0.2, 0.25) is 0 Å². The normalized spacial score (nSPS) is 11.2. The van der Waals surface area contributed by atoms with Crippen LogP contribution in [0.1, 0.15) is 17.1 Å². The summed E-state index contributed by atoms with van der Waals surface area (Å²) < 4.78 is 4.48. The van der Waals surface area contributed by atoms with E-state index in [0.29, 0.717) is 0 Å². The molecule has 3 aromatic heterocycles. The lowest BCUT2D eigenvalue weighted by Gasteiger charge is -2.10. The first-order valence-electron chi connectivity index (χ1n) is 9.82. The topological polar surface area (TPSA) is 56.5 Å². The lowest BCUT2D eigenvalue weighted by molar-refractivity contribution is 0.685. The molecule has 154 valence electrons. The second-order valence-electron chi connectivity index (χ2n) is 6.82. The Balaban J connectivity index is 1.36. The van der Waals surface area contributed by atoms with Gasteiger partial charge in [0.1, 0.15) is 5.82 Å². The van der Waals surface area contributed by atoms with Crippen LogP contribution in [0.15, 0.2) is 88.5 Å². The molecule has 0 spiro atoms. The molecular formula is C23H19N5S3. The minimum Gasteiger partial charge on any atom is -0.301 e. The molecule has 2 aromatic carbocycles. The van der Waals surface area contributed by atoms with Gasteiger partial charge < -0.3 is 4.57 Å². The highest BCUT2D eigenvalue weighted by molar-refractivity contribution is 8.00. The van der Waals surface area contributed by atoms with Crippen LogP contribution in [-0.4, -0.2) is 24.7 Å². The van der Waals surface area contributed by atoms with Gasteiger partial charge in [0.2, 0.25) is 0 Å². The molecule has 0 aliphatic carbocycles. The van der Waals surface area contributed by atoms with Crippen molar-refractivity contribution in [3.05, 3.63) is 96.1 Å². The number of thiazole rings is 1. The number of rotatable bonds is 8. The summed E-state index contributed by atoms with van der Waals surface area (Å²) >= 11 is 5.11. The van der Waals surface area contributed by atoms with E-state index in [2.05, 4.69) is 62.2 Å². The smallest absolute Gasteiger partial charge is 0.191 e. The fourth-order valence-corrected chi connectivity index (χ4v) is 6.00. The van der Waals surface area contributed by atoms with E-state index in [1.165, 1.54) is 10.3 Å². The number of para-hydroxylation sites is 1. The van der Waals surface area contributed by atoms with E-state index in [1.807, 2.05) is 36.5 Å². The van der Waals surface area contributed by atoms with Crippen LogP contribution in [-0.2, 0) is 18.1 Å². The van der Waals surface area contributed by atoms with Crippen molar-refractivity contribution in [2.75, 3.05) is 0 Å². The number of fused-ring (bicyclic) bond motifs is 1. The van der Waals surface area contributed by atoms with Crippen LogP contribution in [0.5, 0.6) is 0 Å². The van der Waals surface area contributed by atoms with Crippen molar-refractivity contribution in [3.8, 4) is 0 Å². The summed E-state index contributed by atoms with van der Waals surface area (Å²) in [5.74, 6) is 2.44. The van der Waals surface area contributed by atoms with Gasteiger partial charge in [-0.3, -0.25) is 4.98 Å². The summed E-state index contributed by atoms with van der Waals surface area (Å²) in [6, 6.07) is 24.7. The number of thioether (sulfide) groups is 2. The Hall–Kier alpha value is -2.68. The van der Waals surface area contributed by atoms with E-state index in [0.717, 1.165) is 44.6 Å². The molecular weight excluding hydrogens is 442 g/mol. The molecule has 31 heavy (non-hydrogen) atoms. The monoisotopic (exact) mass is 461 g/mol. The van der Waals surface area contributed by atoms with Crippen LogP contribution in [0.3, 0.4) is 0 Å². The van der Waals surface area contributed by atoms with Gasteiger partial charge in [0.25, 0.3) is 0 Å². The van der Waals surface area contributed by atoms with Crippen molar-refractivity contribution in [2.45, 2.75) is 27.5 Å². The molecule has 8 heteroatoms. The van der Waals surface area contributed by atoms with Crippen molar-refractivity contribution in [1.29, 1.82) is 0 Å². The standard InChI is InChI=1S/C23H19N5S3/c1-2-8-17(9-3-1)14-28-21(16-30-23-25-19-11-4-5-12-20(19)31-23)26-27-22(28)29-15-18-10-6-7-13-24-18/h1-13H,14-16H2. The lowest BCUT2D eigenvalue weighted by Crippen LogP contribution is -2.06. The first kappa shape index (κ1) is 20.2. The molecule has 5 nitrogen and oxygen atoms in total. The second-order valence-corrected chi connectivity index (χ2v) is 10.0. The molecule has 0 saturated carbocycles. The largest absolute Gasteiger partial charge is 0.301 e. The molecule has 0 fully saturated rings. The first-order valence-corrected chi connectivity index (χ1v) is 12.6. The molecule has 5 aromatic rings. The Morgan fingerprint density at radius 3 is 2.48 bits per heavy atom. The molecule has 0 N–H and O–H groups in total. The predicted octanol–water partition coefficient (Wildman–Crippen LogP) is 5.92. The van der Waals surface area contributed by atoms with Crippen LogP contribution < -0.4 is 0 Å². The van der Waals surface area contributed by atoms with Crippen LogP contribution in [0.4, 0.5) is 0 Å². The second kappa shape index (κ2) is 9.64. The van der Waals surface area contributed by atoms with E-state index in [1.54, 1.807) is 34.9 Å². The minimum absolute atomic E-state index is 0.726. The summed E-state index contributed by atoms with van der Waals surface area (Å²) in [7, 11) is 0. The van der Waals surface area contributed by atoms with Crippen LogP contribution >= 0.6 is 34.9 Å². The molecule has 0 aliphatic heterocycles.